The summed E-state index contributed by atoms with van der Waals surface area (Å²) in [7, 11) is -3.70. The van der Waals surface area contributed by atoms with Gasteiger partial charge >= 0.3 is 0 Å². The van der Waals surface area contributed by atoms with Gasteiger partial charge in [0.1, 0.15) is 5.75 Å². The Kier molecular flexibility index (Phi) is 14.2. The minimum atomic E-state index is -3.70. The molecule has 0 fully saturated rings. The number of sulfonamides is 1. The molecule has 0 bridgehead atoms. The summed E-state index contributed by atoms with van der Waals surface area (Å²) in [4.78, 5) is 0.221. The maximum Gasteiger partial charge on any atom is 0.238 e. The Bertz CT molecular complexity index is 1200. The molecule has 0 unspecified atom stereocenters. The number of nitrogens with two attached hydrogens (primary N) is 1. The van der Waals surface area contributed by atoms with Crippen molar-refractivity contribution in [2.45, 2.75) is 115 Å². The lowest BCUT2D eigenvalue weighted by Crippen LogP contribution is -2.35. The van der Waals surface area contributed by atoms with E-state index in [0.29, 0.717) is 13.2 Å². The van der Waals surface area contributed by atoms with Gasteiger partial charge < -0.3 is 24.6 Å². The number of fused-ring (bicyclic) bond motifs is 1. The average Bonchev–Trinajstić information content (AvgIpc) is 2.94. The second-order valence-corrected chi connectivity index (χ2v) is 13.4. The predicted octanol–water partition coefficient (Wildman–Crippen LogP) is 5.93. The third kappa shape index (κ3) is 12.3. The molecule has 0 saturated heterocycles. The summed E-state index contributed by atoms with van der Waals surface area (Å²) in [6.45, 7) is 9.30. The molecule has 42 heavy (non-hydrogen) atoms. The highest BCUT2D eigenvalue weighted by atomic mass is 32.2. The van der Waals surface area contributed by atoms with E-state index in [0.717, 1.165) is 118 Å². The summed E-state index contributed by atoms with van der Waals surface area (Å²) in [6, 6.07) is 11.4. The van der Waals surface area contributed by atoms with Gasteiger partial charge in [-0.1, -0.05) is 44.7 Å². The lowest BCUT2D eigenvalue weighted by molar-refractivity contribution is -0.180. The fourth-order valence-electron chi connectivity index (χ4n) is 5.13. The van der Waals surface area contributed by atoms with Gasteiger partial charge in [-0.05, 0) is 92.4 Å². The number of unbranched alkanes of at least 4 members (excludes halogenated alkanes) is 6. The van der Waals surface area contributed by atoms with E-state index in [1.807, 2.05) is 32.0 Å². The minimum absolute atomic E-state index is 0.221. The van der Waals surface area contributed by atoms with Crippen molar-refractivity contribution in [2.24, 2.45) is 5.14 Å². The third-order valence-corrected chi connectivity index (χ3v) is 8.45. The van der Waals surface area contributed by atoms with Crippen LogP contribution < -0.4 is 15.2 Å². The molecule has 0 aliphatic carbocycles. The number of primary sulfonamides is 1. The quantitative estimate of drug-likeness (QED) is 0.160. The van der Waals surface area contributed by atoms with Crippen LogP contribution in [0.5, 0.6) is 5.75 Å². The zero-order chi connectivity index (χ0) is 30.4. The molecule has 1 atom stereocenters. The van der Waals surface area contributed by atoms with Crippen molar-refractivity contribution in [2.75, 3.05) is 26.3 Å². The van der Waals surface area contributed by atoms with Gasteiger partial charge in [-0.15, -0.1) is 0 Å². The average molecular weight is 605 g/mol. The molecule has 2 aromatic rings. The van der Waals surface area contributed by atoms with Crippen molar-refractivity contribution >= 4 is 10.0 Å². The van der Waals surface area contributed by atoms with Crippen LogP contribution in [-0.2, 0) is 38.9 Å². The van der Waals surface area contributed by atoms with Gasteiger partial charge in [0.05, 0.1) is 17.6 Å². The van der Waals surface area contributed by atoms with Crippen LogP contribution in [0.4, 0.5) is 0 Å². The van der Waals surface area contributed by atoms with Crippen LogP contribution >= 0.6 is 0 Å². The van der Waals surface area contributed by atoms with Crippen LogP contribution in [0.1, 0.15) is 107 Å². The summed E-state index contributed by atoms with van der Waals surface area (Å²) in [5.41, 5.74) is 3.92. The predicted molar refractivity (Wildman–Crippen MR) is 167 cm³/mol. The molecule has 0 saturated carbocycles. The molecule has 4 N–H and O–H groups in total. The number of nitrogens with one attached hydrogen (secondary N) is 1. The molecule has 0 radical (unpaired) electrons. The molecule has 1 aliphatic heterocycles. The summed E-state index contributed by atoms with van der Waals surface area (Å²) < 4.78 is 41.2. The van der Waals surface area contributed by atoms with Crippen LogP contribution in [-0.4, -0.2) is 45.6 Å². The lowest BCUT2D eigenvalue weighted by Gasteiger charge is -2.33. The third-order valence-electron chi connectivity index (χ3n) is 7.56. The highest BCUT2D eigenvalue weighted by Gasteiger charge is 2.27. The van der Waals surface area contributed by atoms with E-state index in [-0.39, 0.29) is 4.90 Å². The smallest absolute Gasteiger partial charge is 0.238 e. The van der Waals surface area contributed by atoms with Gasteiger partial charge in [0.25, 0.3) is 0 Å². The molecule has 1 heterocycles. The Labute approximate surface area is 253 Å². The topological polar surface area (TPSA) is 120 Å². The minimum Gasteiger partial charge on any atom is -0.463 e. The van der Waals surface area contributed by atoms with E-state index in [9.17, 15) is 13.5 Å². The maximum absolute atomic E-state index is 11.9. The number of hydrogen-bond acceptors (Lipinski definition) is 7. The van der Waals surface area contributed by atoms with Gasteiger partial charge in [-0.25, -0.2) is 13.6 Å². The van der Waals surface area contributed by atoms with Crippen molar-refractivity contribution in [1.29, 1.82) is 0 Å². The summed E-state index contributed by atoms with van der Waals surface area (Å²) in [5.74, 6) is 0.201. The zero-order valence-corrected chi connectivity index (χ0v) is 26.6. The molecule has 8 nitrogen and oxygen atoms in total. The van der Waals surface area contributed by atoms with Gasteiger partial charge in [0, 0.05) is 39.2 Å². The van der Waals surface area contributed by atoms with Crippen LogP contribution in [0.15, 0.2) is 41.3 Å². The largest absolute Gasteiger partial charge is 0.463 e. The SMILES string of the molecule is CCCCCc1cc(CCCCOCCCCCCNC[C@H](O)c2ccc3c(c2)COC(C)(C)O3)cc(S(N)(=O)=O)c1. The molecule has 0 amide bonds. The number of rotatable bonds is 20. The van der Waals surface area contributed by atoms with E-state index in [2.05, 4.69) is 18.3 Å². The van der Waals surface area contributed by atoms with Gasteiger partial charge in [-0.3, -0.25) is 0 Å². The number of aryl methyl sites for hydroxylation is 2. The van der Waals surface area contributed by atoms with E-state index < -0.39 is 21.9 Å². The maximum atomic E-state index is 11.9. The Morgan fingerprint density at radius 1 is 0.952 bits per heavy atom. The number of aliphatic hydroxyl groups excluding tert-OH is 1. The van der Waals surface area contributed by atoms with Gasteiger partial charge in [-0.2, -0.15) is 0 Å². The summed E-state index contributed by atoms with van der Waals surface area (Å²) in [5, 5.41) is 19.3. The van der Waals surface area contributed by atoms with Gasteiger partial charge in [0.15, 0.2) is 0 Å². The molecular weight excluding hydrogens is 552 g/mol. The molecule has 236 valence electrons. The molecule has 0 spiro atoms. The monoisotopic (exact) mass is 604 g/mol. The van der Waals surface area contributed by atoms with E-state index >= 15 is 0 Å². The first-order valence-electron chi connectivity index (χ1n) is 15.7. The first-order valence-corrected chi connectivity index (χ1v) is 17.2. The van der Waals surface area contributed by atoms with Crippen LogP contribution in [0.25, 0.3) is 0 Å². The lowest BCUT2D eigenvalue weighted by atomic mass is 10.0. The second-order valence-electron chi connectivity index (χ2n) is 11.8. The van der Waals surface area contributed by atoms with Crippen LogP contribution in [0, 0.1) is 0 Å². The Hall–Kier alpha value is -2.01. The number of aliphatic hydroxyl groups is 1. The molecular formula is C33H52N2O6S. The number of hydrogen-bond donors (Lipinski definition) is 3. The molecule has 9 heteroatoms. The van der Waals surface area contributed by atoms with Crippen molar-refractivity contribution in [3.8, 4) is 5.75 Å². The highest BCUT2D eigenvalue weighted by Crippen LogP contribution is 2.32. The Morgan fingerprint density at radius 3 is 2.31 bits per heavy atom. The Balaban J connectivity index is 1.20. The molecule has 3 rings (SSSR count). The molecule has 2 aromatic carbocycles. The van der Waals surface area contributed by atoms with Crippen LogP contribution in [0.2, 0.25) is 0 Å². The van der Waals surface area contributed by atoms with Crippen molar-refractivity contribution in [3.63, 3.8) is 0 Å². The van der Waals surface area contributed by atoms with Gasteiger partial charge in [0.2, 0.25) is 15.8 Å². The summed E-state index contributed by atoms with van der Waals surface area (Å²) >= 11 is 0. The fourth-order valence-corrected chi connectivity index (χ4v) is 5.76. The molecule has 0 aromatic heterocycles. The second kappa shape index (κ2) is 17.3. The van der Waals surface area contributed by atoms with E-state index in [1.54, 1.807) is 12.1 Å². The van der Waals surface area contributed by atoms with E-state index in [4.69, 9.17) is 19.3 Å². The van der Waals surface area contributed by atoms with Crippen LogP contribution in [0.3, 0.4) is 0 Å². The van der Waals surface area contributed by atoms with E-state index in [1.165, 1.54) is 0 Å². The number of ether oxygens (including phenoxy) is 3. The first-order chi connectivity index (χ1) is 20.1. The van der Waals surface area contributed by atoms with Crippen molar-refractivity contribution < 1.29 is 27.7 Å². The fraction of sp³-hybridized carbons (Fsp3) is 0.636. The highest BCUT2D eigenvalue weighted by molar-refractivity contribution is 7.89. The summed E-state index contributed by atoms with van der Waals surface area (Å²) in [6.07, 6.45) is 10.7. The standard InChI is InChI=1S/C33H52N2O6S/c1-4-5-8-13-26-20-27(22-30(21-26)42(34,37)38)14-9-12-19-39-18-11-7-6-10-17-35-24-31(36)28-15-16-32-29(23-28)25-40-33(2,3)41-32/h15-16,20-23,31,35-36H,4-14,17-19,24-25H2,1-3H3,(H2,34,37,38)/t31-/m0/s1. The molecule has 1 aliphatic rings. The number of benzene rings is 2. The van der Waals surface area contributed by atoms with Crippen molar-refractivity contribution in [3.05, 3.63) is 58.7 Å². The zero-order valence-electron chi connectivity index (χ0n) is 25.8. The Morgan fingerprint density at radius 2 is 1.62 bits per heavy atom. The first kappa shape index (κ1) is 34.5. The van der Waals surface area contributed by atoms with Crippen molar-refractivity contribution in [1.82, 2.24) is 5.32 Å². The normalized spacial score (nSPS) is 15.3.